The molecule has 0 saturated carbocycles. The van der Waals surface area contributed by atoms with Crippen LogP contribution in [-0.4, -0.2) is 33.7 Å². The van der Waals surface area contributed by atoms with E-state index in [1.807, 2.05) is 61.5 Å². The average molecular weight is 396 g/mol. The van der Waals surface area contributed by atoms with E-state index in [1.54, 1.807) is 4.90 Å². The summed E-state index contributed by atoms with van der Waals surface area (Å²) in [5.74, 6) is -0.190. The van der Waals surface area contributed by atoms with Gasteiger partial charge in [0.25, 0.3) is 0 Å². The van der Waals surface area contributed by atoms with Crippen LogP contribution in [0.3, 0.4) is 0 Å². The predicted octanol–water partition coefficient (Wildman–Crippen LogP) is 4.76. The second-order valence-electron chi connectivity index (χ2n) is 6.75. The maximum absolute atomic E-state index is 12.9. The van der Waals surface area contributed by atoms with Gasteiger partial charge in [0.2, 0.25) is 11.8 Å². The summed E-state index contributed by atoms with van der Waals surface area (Å²) in [5.41, 5.74) is 2.59. The highest BCUT2D eigenvalue weighted by Crippen LogP contribution is 2.32. The number of carbonyl (C=O) groups excluding carboxylic acids is 2. The van der Waals surface area contributed by atoms with Crippen LogP contribution in [0.2, 0.25) is 0 Å². The Hall–Kier alpha value is -2.60. The Labute approximate surface area is 170 Å². The number of anilines is 1. The number of hydrogen-bond donors (Lipinski definition) is 1. The molecule has 28 heavy (non-hydrogen) atoms. The summed E-state index contributed by atoms with van der Waals surface area (Å²) in [6, 6.07) is 17.2. The number of aryl methyl sites for hydroxylation is 1. The Morgan fingerprint density at radius 1 is 1.14 bits per heavy atom. The van der Waals surface area contributed by atoms with Crippen LogP contribution in [-0.2, 0) is 9.59 Å². The van der Waals surface area contributed by atoms with Gasteiger partial charge in [-0.25, -0.2) is 4.99 Å². The van der Waals surface area contributed by atoms with Crippen molar-refractivity contribution >= 4 is 40.1 Å². The third-order valence-corrected chi connectivity index (χ3v) is 5.70. The number of rotatable bonds is 7. The molecule has 0 aromatic heterocycles. The van der Waals surface area contributed by atoms with E-state index in [9.17, 15) is 9.59 Å². The fourth-order valence-corrected chi connectivity index (χ4v) is 4.13. The average Bonchev–Trinajstić information content (AvgIpc) is 2.97. The molecule has 2 aromatic rings. The molecule has 146 valence electrons. The topological polar surface area (TPSA) is 61.8 Å². The largest absolute Gasteiger partial charge is 0.326 e. The van der Waals surface area contributed by atoms with Gasteiger partial charge in [0.15, 0.2) is 5.17 Å². The van der Waals surface area contributed by atoms with Gasteiger partial charge in [0.1, 0.15) is 5.25 Å². The van der Waals surface area contributed by atoms with E-state index in [2.05, 4.69) is 17.2 Å². The number of nitrogens with zero attached hydrogens (tertiary/aromatic N) is 2. The smallest absolute Gasteiger partial charge is 0.242 e. The second kappa shape index (κ2) is 9.55. The van der Waals surface area contributed by atoms with Gasteiger partial charge in [0, 0.05) is 18.7 Å². The molecular formula is C22H25N3O2S. The Morgan fingerprint density at radius 2 is 1.86 bits per heavy atom. The molecule has 1 aliphatic rings. The fourth-order valence-electron chi connectivity index (χ4n) is 2.94. The Kier molecular flexibility index (Phi) is 6.87. The molecule has 1 fully saturated rings. The maximum Gasteiger partial charge on any atom is 0.242 e. The third-order valence-electron chi connectivity index (χ3n) is 4.53. The summed E-state index contributed by atoms with van der Waals surface area (Å²) in [4.78, 5) is 31.8. The van der Waals surface area contributed by atoms with E-state index < -0.39 is 5.25 Å². The number of hydrogen-bond acceptors (Lipinski definition) is 4. The summed E-state index contributed by atoms with van der Waals surface area (Å²) in [7, 11) is 0. The highest BCUT2D eigenvalue weighted by molar-refractivity contribution is 8.15. The lowest BCUT2D eigenvalue weighted by molar-refractivity contribution is -0.128. The van der Waals surface area contributed by atoms with Crippen LogP contribution >= 0.6 is 11.8 Å². The van der Waals surface area contributed by atoms with Gasteiger partial charge in [-0.3, -0.25) is 14.5 Å². The number of nitrogens with one attached hydrogen (secondary N) is 1. The molecule has 0 unspecified atom stereocenters. The molecule has 1 atom stereocenters. The lowest BCUT2D eigenvalue weighted by atomic mass is 10.2. The first-order valence-corrected chi connectivity index (χ1v) is 10.4. The number of carbonyl (C=O) groups is 2. The molecule has 0 bridgehead atoms. The summed E-state index contributed by atoms with van der Waals surface area (Å²) in [6.45, 7) is 4.67. The van der Waals surface area contributed by atoms with E-state index >= 15 is 0 Å². The summed E-state index contributed by atoms with van der Waals surface area (Å²) in [5, 5.41) is 3.15. The molecule has 0 radical (unpaired) electrons. The van der Waals surface area contributed by atoms with Gasteiger partial charge in [-0.05, 0) is 37.1 Å². The molecule has 6 heteroatoms. The third kappa shape index (κ3) is 5.01. The molecule has 5 nitrogen and oxygen atoms in total. The zero-order valence-corrected chi connectivity index (χ0v) is 17.0. The first-order valence-electron chi connectivity index (χ1n) is 9.55. The highest BCUT2D eigenvalue weighted by Gasteiger charge is 2.38. The van der Waals surface area contributed by atoms with Gasteiger partial charge in [0.05, 0.1) is 5.69 Å². The van der Waals surface area contributed by atoms with Crippen LogP contribution in [0.4, 0.5) is 11.4 Å². The van der Waals surface area contributed by atoms with Crippen LogP contribution in [0, 0.1) is 6.92 Å². The van der Waals surface area contributed by atoms with Gasteiger partial charge in [-0.2, -0.15) is 0 Å². The minimum Gasteiger partial charge on any atom is -0.326 e. The van der Waals surface area contributed by atoms with Crippen molar-refractivity contribution in [1.82, 2.24) is 4.90 Å². The van der Waals surface area contributed by atoms with Gasteiger partial charge >= 0.3 is 0 Å². The molecule has 0 spiro atoms. The van der Waals surface area contributed by atoms with E-state index in [-0.39, 0.29) is 18.2 Å². The zero-order valence-electron chi connectivity index (χ0n) is 16.2. The van der Waals surface area contributed by atoms with Crippen molar-refractivity contribution < 1.29 is 9.59 Å². The van der Waals surface area contributed by atoms with Crippen LogP contribution in [0.1, 0.15) is 31.7 Å². The maximum atomic E-state index is 12.9. The highest BCUT2D eigenvalue weighted by atomic mass is 32.2. The molecular weight excluding hydrogens is 370 g/mol. The molecule has 2 aromatic carbocycles. The molecule has 2 amide bonds. The van der Waals surface area contributed by atoms with Crippen molar-refractivity contribution in [2.45, 2.75) is 38.4 Å². The number of para-hydroxylation sites is 2. The van der Waals surface area contributed by atoms with Gasteiger partial charge in [-0.15, -0.1) is 0 Å². The number of benzene rings is 2. The molecule has 1 saturated heterocycles. The van der Waals surface area contributed by atoms with Crippen molar-refractivity contribution in [1.29, 1.82) is 0 Å². The van der Waals surface area contributed by atoms with Gasteiger partial charge < -0.3 is 5.32 Å². The predicted molar refractivity (Wildman–Crippen MR) is 116 cm³/mol. The van der Waals surface area contributed by atoms with Gasteiger partial charge in [-0.1, -0.05) is 61.5 Å². The van der Waals surface area contributed by atoms with Crippen LogP contribution in [0.5, 0.6) is 0 Å². The Morgan fingerprint density at radius 3 is 2.57 bits per heavy atom. The van der Waals surface area contributed by atoms with Crippen molar-refractivity contribution in [3.8, 4) is 0 Å². The second-order valence-corrected chi connectivity index (χ2v) is 7.92. The van der Waals surface area contributed by atoms with Crippen molar-refractivity contribution in [2.24, 2.45) is 4.99 Å². The van der Waals surface area contributed by atoms with Crippen molar-refractivity contribution in [2.75, 3.05) is 11.9 Å². The summed E-state index contributed by atoms with van der Waals surface area (Å²) < 4.78 is 0. The lowest BCUT2D eigenvalue weighted by Gasteiger charge is -2.16. The van der Waals surface area contributed by atoms with E-state index in [4.69, 9.17) is 0 Å². The number of amides is 2. The standard InChI is InChI=1S/C22H25N3O2S/c1-3-4-14-25-21(27)19(28-22(25)23-17-11-6-5-7-12-17)15-20(26)24-18-13-9-8-10-16(18)2/h5-13,19H,3-4,14-15H2,1-2H3,(H,24,26)/t19-/m1/s1. The zero-order chi connectivity index (χ0) is 19.9. The molecule has 1 aliphatic heterocycles. The monoisotopic (exact) mass is 395 g/mol. The number of aliphatic imine (C=N–C) groups is 1. The van der Waals surface area contributed by atoms with E-state index in [1.165, 1.54) is 11.8 Å². The normalized spacial score (nSPS) is 17.9. The van der Waals surface area contributed by atoms with E-state index in [0.717, 1.165) is 29.8 Å². The lowest BCUT2D eigenvalue weighted by Crippen LogP contribution is -2.34. The fraction of sp³-hybridized carbons (Fsp3) is 0.318. The van der Waals surface area contributed by atoms with Crippen molar-refractivity contribution in [3.63, 3.8) is 0 Å². The Balaban J connectivity index is 1.73. The SMILES string of the molecule is CCCCN1C(=O)[C@@H](CC(=O)Nc2ccccc2C)SC1=Nc1ccccc1. The number of unbranched alkanes of at least 4 members (excludes halogenated alkanes) is 1. The Bertz CT molecular complexity index is 867. The van der Waals surface area contributed by atoms with Crippen LogP contribution in [0.15, 0.2) is 59.6 Å². The molecule has 1 heterocycles. The first-order chi connectivity index (χ1) is 13.6. The van der Waals surface area contributed by atoms with Crippen LogP contribution < -0.4 is 5.32 Å². The van der Waals surface area contributed by atoms with E-state index in [0.29, 0.717) is 11.7 Å². The molecule has 0 aliphatic carbocycles. The van der Waals surface area contributed by atoms with Crippen LogP contribution in [0.25, 0.3) is 0 Å². The molecule has 1 N–H and O–H groups in total. The number of amidine groups is 1. The first kappa shape index (κ1) is 20.1. The minimum absolute atomic E-state index is 0.0342. The summed E-state index contributed by atoms with van der Waals surface area (Å²) in [6.07, 6.45) is 2.03. The summed E-state index contributed by atoms with van der Waals surface area (Å²) >= 11 is 1.38. The number of thioether (sulfide) groups is 1. The van der Waals surface area contributed by atoms with Crippen molar-refractivity contribution in [3.05, 3.63) is 60.2 Å². The quantitative estimate of drug-likeness (QED) is 0.735. The minimum atomic E-state index is -0.441. The molecule has 3 rings (SSSR count).